The van der Waals surface area contributed by atoms with E-state index >= 15 is 0 Å². The molecule has 6 heteroatoms. The van der Waals surface area contributed by atoms with E-state index < -0.39 is 0 Å². The Morgan fingerprint density at radius 3 is 2.85 bits per heavy atom. The molecule has 0 spiro atoms. The third kappa shape index (κ3) is 2.71. The van der Waals surface area contributed by atoms with Gasteiger partial charge in [0.15, 0.2) is 0 Å². The summed E-state index contributed by atoms with van der Waals surface area (Å²) in [5.74, 6) is 1.12. The molecule has 1 N–H and O–H groups in total. The summed E-state index contributed by atoms with van der Waals surface area (Å²) in [5, 5.41) is 0. The summed E-state index contributed by atoms with van der Waals surface area (Å²) in [5.41, 5.74) is 1.00. The number of aromatic amines is 1. The summed E-state index contributed by atoms with van der Waals surface area (Å²) in [6.45, 7) is 5.09. The third-order valence-corrected chi connectivity index (χ3v) is 4.02. The molecule has 2 fully saturated rings. The number of morpholine rings is 1. The maximum absolute atomic E-state index is 12.7. The van der Waals surface area contributed by atoms with E-state index in [1.54, 1.807) is 6.20 Å². The number of amides is 1. The molecule has 0 aliphatic carbocycles. The fourth-order valence-corrected chi connectivity index (χ4v) is 2.88. The number of carbonyl (C=O) groups is 1. The number of hydrogen-bond acceptors (Lipinski definition) is 4. The highest BCUT2D eigenvalue weighted by molar-refractivity contribution is 5.79. The Morgan fingerprint density at radius 2 is 2.15 bits per heavy atom. The molecule has 2 aliphatic heterocycles. The van der Waals surface area contributed by atoms with Gasteiger partial charge in [-0.2, -0.15) is 0 Å². The van der Waals surface area contributed by atoms with Gasteiger partial charge in [0.2, 0.25) is 5.91 Å². The van der Waals surface area contributed by atoms with E-state index in [4.69, 9.17) is 9.47 Å². The Bertz CT molecular complexity index is 468. The van der Waals surface area contributed by atoms with Crippen molar-refractivity contribution in [3.63, 3.8) is 0 Å². The fraction of sp³-hybridized carbons (Fsp3) is 0.714. The van der Waals surface area contributed by atoms with Gasteiger partial charge in [-0.15, -0.1) is 0 Å². The summed E-state index contributed by atoms with van der Waals surface area (Å²) < 4.78 is 10.9. The highest BCUT2D eigenvalue weighted by atomic mass is 16.5. The first-order valence-electron chi connectivity index (χ1n) is 7.23. The molecule has 1 amide bonds. The number of aromatic nitrogens is 2. The number of imidazole rings is 1. The minimum absolute atomic E-state index is 0.0837. The van der Waals surface area contributed by atoms with Crippen molar-refractivity contribution in [2.24, 2.45) is 5.92 Å². The number of hydrogen-bond donors (Lipinski definition) is 1. The fourth-order valence-electron chi connectivity index (χ4n) is 2.88. The van der Waals surface area contributed by atoms with Crippen LogP contribution in [0.25, 0.3) is 0 Å². The Balaban J connectivity index is 1.76. The molecule has 3 heterocycles. The molecule has 20 heavy (non-hydrogen) atoms. The van der Waals surface area contributed by atoms with Gasteiger partial charge in [0.25, 0.3) is 0 Å². The van der Waals surface area contributed by atoms with E-state index in [1.807, 2.05) is 11.8 Å². The number of ether oxygens (including phenoxy) is 2. The monoisotopic (exact) mass is 279 g/mol. The van der Waals surface area contributed by atoms with Gasteiger partial charge >= 0.3 is 0 Å². The van der Waals surface area contributed by atoms with Crippen molar-refractivity contribution in [2.75, 3.05) is 33.0 Å². The van der Waals surface area contributed by atoms with Crippen molar-refractivity contribution in [2.45, 2.75) is 25.8 Å². The summed E-state index contributed by atoms with van der Waals surface area (Å²) in [6, 6.07) is -0.0900. The molecule has 0 saturated carbocycles. The van der Waals surface area contributed by atoms with Gasteiger partial charge < -0.3 is 19.4 Å². The molecule has 0 radical (unpaired) electrons. The van der Waals surface area contributed by atoms with Gasteiger partial charge in [-0.25, -0.2) is 4.98 Å². The van der Waals surface area contributed by atoms with Crippen LogP contribution in [0.15, 0.2) is 6.20 Å². The van der Waals surface area contributed by atoms with Crippen molar-refractivity contribution in [1.29, 1.82) is 0 Å². The highest BCUT2D eigenvalue weighted by Crippen LogP contribution is 2.26. The van der Waals surface area contributed by atoms with Crippen LogP contribution in [-0.4, -0.2) is 53.7 Å². The van der Waals surface area contributed by atoms with Crippen LogP contribution in [0.5, 0.6) is 0 Å². The zero-order chi connectivity index (χ0) is 13.9. The maximum atomic E-state index is 12.7. The minimum Gasteiger partial charge on any atom is -0.381 e. The second-order valence-corrected chi connectivity index (χ2v) is 5.46. The van der Waals surface area contributed by atoms with Crippen molar-refractivity contribution in [3.05, 3.63) is 17.7 Å². The summed E-state index contributed by atoms with van der Waals surface area (Å²) in [4.78, 5) is 22.2. The lowest BCUT2D eigenvalue weighted by Gasteiger charge is -2.37. The predicted molar refractivity (Wildman–Crippen MR) is 72.1 cm³/mol. The maximum Gasteiger partial charge on any atom is 0.226 e. The summed E-state index contributed by atoms with van der Waals surface area (Å²) >= 11 is 0. The first-order chi connectivity index (χ1) is 9.75. The Hall–Kier alpha value is -1.40. The SMILES string of the molecule is Cc1cnc(C2COCCN2C(=O)C2CCOCC2)[nH]1. The Kier molecular flexibility index (Phi) is 4.03. The van der Waals surface area contributed by atoms with E-state index in [1.165, 1.54) is 0 Å². The molecule has 2 aliphatic rings. The third-order valence-electron chi connectivity index (χ3n) is 4.02. The number of rotatable bonds is 2. The first-order valence-corrected chi connectivity index (χ1v) is 7.23. The smallest absolute Gasteiger partial charge is 0.226 e. The first kappa shape index (κ1) is 13.6. The number of nitrogens with one attached hydrogen (secondary N) is 1. The van der Waals surface area contributed by atoms with Crippen LogP contribution in [-0.2, 0) is 14.3 Å². The normalized spacial score (nSPS) is 24.9. The lowest BCUT2D eigenvalue weighted by molar-refractivity contribution is -0.147. The minimum atomic E-state index is -0.0900. The Morgan fingerprint density at radius 1 is 1.35 bits per heavy atom. The summed E-state index contributed by atoms with van der Waals surface area (Å²) in [6.07, 6.45) is 3.43. The zero-order valence-corrected chi connectivity index (χ0v) is 11.8. The van der Waals surface area contributed by atoms with Gasteiger partial charge in [0, 0.05) is 37.6 Å². The van der Waals surface area contributed by atoms with Gasteiger partial charge in [-0.3, -0.25) is 4.79 Å². The van der Waals surface area contributed by atoms with Crippen LogP contribution in [0.3, 0.4) is 0 Å². The molecular formula is C14H21N3O3. The van der Waals surface area contributed by atoms with Crippen molar-refractivity contribution in [3.8, 4) is 0 Å². The van der Waals surface area contributed by atoms with E-state index in [0.717, 1.165) is 24.4 Å². The van der Waals surface area contributed by atoms with Crippen LogP contribution < -0.4 is 0 Å². The topological polar surface area (TPSA) is 67.4 Å². The molecule has 2 saturated heterocycles. The van der Waals surface area contributed by atoms with Gasteiger partial charge in [0.05, 0.1) is 13.2 Å². The molecule has 0 aromatic carbocycles. The molecule has 110 valence electrons. The Labute approximate surface area is 118 Å². The highest BCUT2D eigenvalue weighted by Gasteiger charge is 2.34. The van der Waals surface area contributed by atoms with Crippen LogP contribution in [0.1, 0.15) is 30.4 Å². The quantitative estimate of drug-likeness (QED) is 0.878. The molecule has 1 aromatic rings. The molecule has 1 atom stereocenters. The van der Waals surface area contributed by atoms with E-state index in [0.29, 0.717) is 33.0 Å². The number of carbonyl (C=O) groups excluding carboxylic acids is 1. The molecule has 0 bridgehead atoms. The van der Waals surface area contributed by atoms with Crippen LogP contribution in [0.4, 0.5) is 0 Å². The zero-order valence-electron chi connectivity index (χ0n) is 11.8. The van der Waals surface area contributed by atoms with E-state index in [2.05, 4.69) is 9.97 Å². The molecule has 3 rings (SSSR count). The number of nitrogens with zero attached hydrogens (tertiary/aromatic N) is 2. The van der Waals surface area contributed by atoms with Crippen molar-refractivity contribution in [1.82, 2.24) is 14.9 Å². The van der Waals surface area contributed by atoms with Crippen LogP contribution in [0, 0.1) is 12.8 Å². The van der Waals surface area contributed by atoms with Gasteiger partial charge in [-0.1, -0.05) is 0 Å². The predicted octanol–water partition coefficient (Wildman–Crippen LogP) is 1.04. The average molecular weight is 279 g/mol. The van der Waals surface area contributed by atoms with E-state index in [9.17, 15) is 4.79 Å². The average Bonchev–Trinajstić information content (AvgIpc) is 2.94. The van der Waals surface area contributed by atoms with Gasteiger partial charge in [-0.05, 0) is 19.8 Å². The second-order valence-electron chi connectivity index (χ2n) is 5.46. The molecule has 6 nitrogen and oxygen atoms in total. The van der Waals surface area contributed by atoms with Gasteiger partial charge in [0.1, 0.15) is 11.9 Å². The lowest BCUT2D eigenvalue weighted by Crippen LogP contribution is -2.47. The number of H-pyrrole nitrogens is 1. The molecular weight excluding hydrogens is 258 g/mol. The van der Waals surface area contributed by atoms with E-state index in [-0.39, 0.29) is 17.9 Å². The summed E-state index contributed by atoms with van der Waals surface area (Å²) in [7, 11) is 0. The lowest BCUT2D eigenvalue weighted by atomic mass is 9.97. The standard InChI is InChI=1S/C14H21N3O3/c1-10-8-15-13(16-10)12-9-20-7-4-17(12)14(18)11-2-5-19-6-3-11/h8,11-12H,2-7,9H2,1H3,(H,15,16). The molecule has 1 aromatic heterocycles. The van der Waals surface area contributed by atoms with Crippen LogP contribution >= 0.6 is 0 Å². The number of aryl methyl sites for hydroxylation is 1. The van der Waals surface area contributed by atoms with Crippen LogP contribution in [0.2, 0.25) is 0 Å². The van der Waals surface area contributed by atoms with Crippen molar-refractivity contribution < 1.29 is 14.3 Å². The largest absolute Gasteiger partial charge is 0.381 e. The van der Waals surface area contributed by atoms with Crippen molar-refractivity contribution >= 4 is 5.91 Å². The second kappa shape index (κ2) is 5.93. The molecule has 1 unspecified atom stereocenters.